The minimum atomic E-state index is 1.07. The van der Waals surface area contributed by atoms with E-state index in [9.17, 15) is 0 Å². The van der Waals surface area contributed by atoms with Crippen molar-refractivity contribution in [1.82, 2.24) is 9.61 Å². The summed E-state index contributed by atoms with van der Waals surface area (Å²) in [6.45, 7) is 6.41. The van der Waals surface area contributed by atoms with Gasteiger partial charge in [0.15, 0.2) is 0 Å². The Kier molecular flexibility index (Phi) is 2.28. The van der Waals surface area contributed by atoms with E-state index in [1.54, 1.807) is 0 Å². The van der Waals surface area contributed by atoms with E-state index in [4.69, 9.17) is 0 Å². The second-order valence-electron chi connectivity index (χ2n) is 3.90. The molecule has 0 unspecified atom stereocenters. The molecule has 0 aliphatic carbocycles. The van der Waals surface area contributed by atoms with Gasteiger partial charge in [-0.3, -0.25) is 0 Å². The van der Waals surface area contributed by atoms with E-state index in [2.05, 4.69) is 44.1 Å². The van der Waals surface area contributed by atoms with Crippen LogP contribution in [0.4, 0.5) is 0 Å². The van der Waals surface area contributed by atoms with Crippen LogP contribution in [-0.2, 0) is 6.42 Å². The molecule has 0 aromatic carbocycles. The fourth-order valence-corrected chi connectivity index (χ4v) is 1.88. The van der Waals surface area contributed by atoms with Crippen molar-refractivity contribution in [3.05, 3.63) is 35.2 Å². The maximum Gasteiger partial charge on any atom is 0.0670 e. The third kappa shape index (κ3) is 1.52. The lowest BCUT2D eigenvalue weighted by molar-refractivity contribution is 0.821. The smallest absolute Gasteiger partial charge is 0.0670 e. The molecule has 0 saturated carbocycles. The van der Waals surface area contributed by atoms with Crippen LogP contribution in [0, 0.1) is 13.8 Å². The van der Waals surface area contributed by atoms with Crippen molar-refractivity contribution < 1.29 is 0 Å². The van der Waals surface area contributed by atoms with Gasteiger partial charge in [0, 0.05) is 5.69 Å². The van der Waals surface area contributed by atoms with Gasteiger partial charge in [0.2, 0.25) is 0 Å². The summed E-state index contributed by atoms with van der Waals surface area (Å²) in [6.07, 6.45) is 2.22. The van der Waals surface area contributed by atoms with Crippen molar-refractivity contribution >= 4 is 5.52 Å². The summed E-state index contributed by atoms with van der Waals surface area (Å²) >= 11 is 0. The van der Waals surface area contributed by atoms with E-state index < -0.39 is 0 Å². The topological polar surface area (TPSA) is 17.3 Å². The predicted molar refractivity (Wildman–Crippen MR) is 58.7 cm³/mol. The van der Waals surface area contributed by atoms with Crippen LogP contribution < -0.4 is 0 Å². The van der Waals surface area contributed by atoms with Gasteiger partial charge < -0.3 is 0 Å². The second kappa shape index (κ2) is 3.45. The summed E-state index contributed by atoms with van der Waals surface area (Å²) in [4.78, 5) is 0. The van der Waals surface area contributed by atoms with Crippen LogP contribution in [0.1, 0.15) is 30.3 Å². The molecule has 14 heavy (non-hydrogen) atoms. The second-order valence-corrected chi connectivity index (χ2v) is 3.90. The minimum absolute atomic E-state index is 1.07. The first-order chi connectivity index (χ1) is 6.70. The fraction of sp³-hybridized carbons (Fsp3) is 0.417. The molecule has 2 nitrogen and oxygen atoms in total. The highest BCUT2D eigenvalue weighted by atomic mass is 15.2. The van der Waals surface area contributed by atoms with Crippen molar-refractivity contribution in [3.8, 4) is 0 Å². The average Bonchev–Trinajstić information content (AvgIpc) is 2.48. The van der Waals surface area contributed by atoms with Gasteiger partial charge >= 0.3 is 0 Å². The van der Waals surface area contributed by atoms with E-state index in [0.29, 0.717) is 0 Å². The Labute approximate surface area is 84.6 Å². The quantitative estimate of drug-likeness (QED) is 0.708. The van der Waals surface area contributed by atoms with E-state index in [1.807, 2.05) is 4.52 Å². The molecular weight excluding hydrogens is 172 g/mol. The average molecular weight is 188 g/mol. The third-order valence-electron chi connectivity index (χ3n) is 2.44. The molecule has 0 amide bonds. The number of hydrogen-bond acceptors (Lipinski definition) is 1. The Hall–Kier alpha value is -1.31. The molecule has 2 rings (SSSR count). The molecule has 2 heterocycles. The molecule has 0 saturated heterocycles. The Morgan fingerprint density at radius 1 is 1.21 bits per heavy atom. The van der Waals surface area contributed by atoms with Gasteiger partial charge in [-0.05, 0) is 44.0 Å². The first kappa shape index (κ1) is 9.25. The predicted octanol–water partition coefficient (Wildman–Crippen LogP) is 2.90. The van der Waals surface area contributed by atoms with Gasteiger partial charge in [-0.25, -0.2) is 4.52 Å². The molecule has 0 fully saturated rings. The number of aryl methyl sites for hydroxylation is 3. The third-order valence-corrected chi connectivity index (χ3v) is 2.44. The summed E-state index contributed by atoms with van der Waals surface area (Å²) in [5, 5.41) is 4.56. The summed E-state index contributed by atoms with van der Waals surface area (Å²) < 4.78 is 2.03. The highest BCUT2D eigenvalue weighted by molar-refractivity contribution is 5.50. The first-order valence-electron chi connectivity index (χ1n) is 5.16. The van der Waals surface area contributed by atoms with Gasteiger partial charge in [0.25, 0.3) is 0 Å². The van der Waals surface area contributed by atoms with E-state index in [1.165, 1.54) is 22.5 Å². The molecule has 74 valence electrons. The lowest BCUT2D eigenvalue weighted by atomic mass is 10.2. The first-order valence-corrected chi connectivity index (χ1v) is 5.16. The highest BCUT2D eigenvalue weighted by Crippen LogP contribution is 2.13. The molecule has 0 aliphatic rings. The Morgan fingerprint density at radius 3 is 2.71 bits per heavy atom. The lowest BCUT2D eigenvalue weighted by Gasteiger charge is -1.99. The summed E-state index contributed by atoms with van der Waals surface area (Å²) in [5.41, 5.74) is 4.92. The monoisotopic (exact) mass is 188 g/mol. The van der Waals surface area contributed by atoms with Crippen LogP contribution in [-0.4, -0.2) is 9.61 Å². The Bertz CT molecular complexity index is 455. The Morgan fingerprint density at radius 2 is 2.00 bits per heavy atom. The highest BCUT2D eigenvalue weighted by Gasteiger charge is 2.03. The normalized spacial score (nSPS) is 11.1. The molecule has 0 radical (unpaired) electrons. The molecule has 2 aromatic rings. The van der Waals surface area contributed by atoms with Crippen molar-refractivity contribution in [2.24, 2.45) is 0 Å². The Balaban J connectivity index is 2.58. The molecule has 0 N–H and O–H groups in total. The van der Waals surface area contributed by atoms with Crippen LogP contribution >= 0.6 is 0 Å². The minimum Gasteiger partial charge on any atom is -0.238 e. The zero-order chi connectivity index (χ0) is 10.1. The van der Waals surface area contributed by atoms with E-state index >= 15 is 0 Å². The van der Waals surface area contributed by atoms with Crippen LogP contribution in [0.15, 0.2) is 18.2 Å². The zero-order valence-corrected chi connectivity index (χ0v) is 9.04. The number of hydrogen-bond donors (Lipinski definition) is 0. The standard InChI is InChI=1S/C12H16N2/c1-4-5-11-8-12-7-9(2)6-10(3)14(12)13-11/h6-8H,4-5H2,1-3H3. The van der Waals surface area contributed by atoms with Crippen LogP contribution in [0.3, 0.4) is 0 Å². The summed E-state index contributed by atoms with van der Waals surface area (Å²) in [7, 11) is 0. The molecule has 0 atom stereocenters. The van der Waals surface area contributed by atoms with Gasteiger partial charge in [-0.15, -0.1) is 0 Å². The number of nitrogens with zero attached hydrogens (tertiary/aromatic N) is 2. The largest absolute Gasteiger partial charge is 0.238 e. The maximum absolute atomic E-state index is 4.56. The molecule has 0 spiro atoms. The number of aromatic nitrogens is 2. The number of rotatable bonds is 2. The zero-order valence-electron chi connectivity index (χ0n) is 9.04. The van der Waals surface area contributed by atoms with Crippen molar-refractivity contribution in [3.63, 3.8) is 0 Å². The molecule has 0 aliphatic heterocycles. The van der Waals surface area contributed by atoms with Crippen molar-refractivity contribution in [2.45, 2.75) is 33.6 Å². The fourth-order valence-electron chi connectivity index (χ4n) is 1.88. The molecular formula is C12H16N2. The van der Waals surface area contributed by atoms with Crippen LogP contribution in [0.5, 0.6) is 0 Å². The van der Waals surface area contributed by atoms with Crippen LogP contribution in [0.25, 0.3) is 5.52 Å². The van der Waals surface area contributed by atoms with Crippen molar-refractivity contribution in [2.75, 3.05) is 0 Å². The van der Waals surface area contributed by atoms with Gasteiger partial charge in [0.1, 0.15) is 0 Å². The van der Waals surface area contributed by atoms with E-state index in [0.717, 1.165) is 12.8 Å². The maximum atomic E-state index is 4.56. The molecule has 0 bridgehead atoms. The number of fused-ring (bicyclic) bond motifs is 1. The summed E-state index contributed by atoms with van der Waals surface area (Å²) in [6, 6.07) is 6.53. The van der Waals surface area contributed by atoms with Gasteiger partial charge in [-0.2, -0.15) is 5.10 Å². The van der Waals surface area contributed by atoms with E-state index in [-0.39, 0.29) is 0 Å². The lowest BCUT2D eigenvalue weighted by Crippen LogP contribution is -1.94. The van der Waals surface area contributed by atoms with Gasteiger partial charge in [0.05, 0.1) is 11.2 Å². The van der Waals surface area contributed by atoms with Gasteiger partial charge in [-0.1, -0.05) is 13.3 Å². The number of pyridine rings is 1. The molecule has 2 heteroatoms. The van der Waals surface area contributed by atoms with Crippen molar-refractivity contribution in [1.29, 1.82) is 0 Å². The summed E-state index contributed by atoms with van der Waals surface area (Å²) in [5.74, 6) is 0. The van der Waals surface area contributed by atoms with Crippen LogP contribution in [0.2, 0.25) is 0 Å². The molecule has 2 aromatic heterocycles. The SMILES string of the molecule is CCCc1cc2cc(C)cc(C)n2n1.